The fraction of sp³-hybridized carbons (Fsp3) is 0.625. The molecule has 0 aromatic heterocycles. The van der Waals surface area contributed by atoms with Crippen molar-refractivity contribution in [3.05, 3.63) is 29.8 Å². The van der Waals surface area contributed by atoms with Crippen molar-refractivity contribution >= 4 is 10.2 Å². The minimum Gasteiger partial charge on any atom is -0.497 e. The SMILES string of the molecule is CCNS(=O)(=O)N1CCN(CCCc2cccc(OC)c2)CC1. The molecule has 7 heteroatoms. The van der Waals surface area contributed by atoms with Crippen molar-refractivity contribution in [2.75, 3.05) is 46.4 Å². The van der Waals surface area contributed by atoms with Gasteiger partial charge in [0, 0.05) is 32.7 Å². The van der Waals surface area contributed by atoms with Crippen LogP contribution in [0.25, 0.3) is 0 Å². The van der Waals surface area contributed by atoms with Crippen molar-refractivity contribution in [3.63, 3.8) is 0 Å². The van der Waals surface area contributed by atoms with Crippen LogP contribution in [0.1, 0.15) is 18.9 Å². The van der Waals surface area contributed by atoms with E-state index >= 15 is 0 Å². The van der Waals surface area contributed by atoms with Gasteiger partial charge in [-0.2, -0.15) is 12.7 Å². The van der Waals surface area contributed by atoms with Gasteiger partial charge in [-0.25, -0.2) is 4.72 Å². The van der Waals surface area contributed by atoms with Gasteiger partial charge in [-0.05, 0) is 37.1 Å². The highest BCUT2D eigenvalue weighted by Gasteiger charge is 2.25. The maximum atomic E-state index is 11.9. The van der Waals surface area contributed by atoms with Crippen LogP contribution in [0.5, 0.6) is 5.75 Å². The van der Waals surface area contributed by atoms with Crippen molar-refractivity contribution in [1.82, 2.24) is 13.9 Å². The summed E-state index contributed by atoms with van der Waals surface area (Å²) >= 11 is 0. The summed E-state index contributed by atoms with van der Waals surface area (Å²) in [5.41, 5.74) is 1.28. The smallest absolute Gasteiger partial charge is 0.279 e. The molecule has 0 radical (unpaired) electrons. The lowest BCUT2D eigenvalue weighted by Crippen LogP contribution is -2.52. The Hall–Kier alpha value is -1.15. The van der Waals surface area contributed by atoms with E-state index in [2.05, 4.69) is 21.8 Å². The molecule has 1 fully saturated rings. The Balaban J connectivity index is 1.72. The van der Waals surface area contributed by atoms with Gasteiger partial charge in [0.2, 0.25) is 0 Å². The Morgan fingerprint density at radius 1 is 1.22 bits per heavy atom. The van der Waals surface area contributed by atoms with E-state index in [0.717, 1.165) is 38.2 Å². The van der Waals surface area contributed by atoms with Gasteiger partial charge in [0.05, 0.1) is 7.11 Å². The number of nitrogens with one attached hydrogen (secondary N) is 1. The van der Waals surface area contributed by atoms with Crippen LogP contribution in [0, 0.1) is 0 Å². The average Bonchev–Trinajstić information content (AvgIpc) is 2.55. The molecule has 0 saturated carbocycles. The molecule has 130 valence electrons. The fourth-order valence-electron chi connectivity index (χ4n) is 2.80. The average molecular weight is 341 g/mol. The number of hydrogen-bond acceptors (Lipinski definition) is 4. The van der Waals surface area contributed by atoms with Crippen LogP contribution < -0.4 is 9.46 Å². The molecular weight excluding hydrogens is 314 g/mol. The number of methoxy groups -OCH3 is 1. The first-order valence-electron chi connectivity index (χ1n) is 8.15. The van der Waals surface area contributed by atoms with Crippen LogP contribution >= 0.6 is 0 Å². The van der Waals surface area contributed by atoms with Crippen LogP contribution in [0.2, 0.25) is 0 Å². The lowest BCUT2D eigenvalue weighted by atomic mass is 10.1. The van der Waals surface area contributed by atoms with Gasteiger partial charge < -0.3 is 9.64 Å². The summed E-state index contributed by atoms with van der Waals surface area (Å²) in [6, 6.07) is 8.15. The van der Waals surface area contributed by atoms with E-state index in [9.17, 15) is 8.42 Å². The number of piperazine rings is 1. The summed E-state index contributed by atoms with van der Waals surface area (Å²) in [7, 11) is -1.60. The zero-order valence-electron chi connectivity index (χ0n) is 14.0. The predicted molar refractivity (Wildman–Crippen MR) is 91.9 cm³/mol. The van der Waals surface area contributed by atoms with Crippen molar-refractivity contribution in [2.45, 2.75) is 19.8 Å². The molecule has 6 nitrogen and oxygen atoms in total. The third-order valence-electron chi connectivity index (χ3n) is 4.07. The summed E-state index contributed by atoms with van der Waals surface area (Å²) in [4.78, 5) is 2.33. The monoisotopic (exact) mass is 341 g/mol. The highest BCUT2D eigenvalue weighted by atomic mass is 32.2. The number of aryl methyl sites for hydroxylation is 1. The minimum absolute atomic E-state index is 0.434. The van der Waals surface area contributed by atoms with Crippen LogP contribution in [-0.4, -0.2) is 64.0 Å². The molecule has 1 N–H and O–H groups in total. The second-order valence-electron chi connectivity index (χ2n) is 5.70. The molecule has 0 amide bonds. The second kappa shape index (κ2) is 8.63. The topological polar surface area (TPSA) is 61.9 Å². The Bertz CT molecular complexity index is 584. The van der Waals surface area contributed by atoms with Gasteiger partial charge in [-0.3, -0.25) is 0 Å². The van der Waals surface area contributed by atoms with Crippen molar-refractivity contribution in [3.8, 4) is 5.75 Å². The summed E-state index contributed by atoms with van der Waals surface area (Å²) in [5, 5.41) is 0. The van der Waals surface area contributed by atoms with Crippen LogP contribution in [0.4, 0.5) is 0 Å². The largest absolute Gasteiger partial charge is 0.497 e. The van der Waals surface area contributed by atoms with Gasteiger partial charge in [-0.15, -0.1) is 0 Å². The predicted octanol–water partition coefficient (Wildman–Crippen LogP) is 1.10. The quantitative estimate of drug-likeness (QED) is 0.769. The molecular formula is C16H27N3O3S. The third kappa shape index (κ3) is 5.46. The van der Waals surface area contributed by atoms with Crippen molar-refractivity contribution in [2.24, 2.45) is 0 Å². The molecule has 1 aromatic rings. The summed E-state index contributed by atoms with van der Waals surface area (Å²) < 4.78 is 33.2. The first-order valence-corrected chi connectivity index (χ1v) is 9.59. The number of hydrogen-bond donors (Lipinski definition) is 1. The molecule has 0 spiro atoms. The third-order valence-corrected chi connectivity index (χ3v) is 5.77. The number of benzene rings is 1. The number of ether oxygens (including phenoxy) is 1. The van der Waals surface area contributed by atoms with E-state index in [-0.39, 0.29) is 0 Å². The molecule has 0 bridgehead atoms. The van der Waals surface area contributed by atoms with E-state index < -0.39 is 10.2 Å². The molecule has 1 aromatic carbocycles. The van der Waals surface area contributed by atoms with Gasteiger partial charge in [0.25, 0.3) is 10.2 Å². The van der Waals surface area contributed by atoms with Gasteiger partial charge in [-0.1, -0.05) is 19.1 Å². The van der Waals surface area contributed by atoms with Gasteiger partial charge in [0.15, 0.2) is 0 Å². The minimum atomic E-state index is -3.29. The molecule has 1 saturated heterocycles. The maximum absolute atomic E-state index is 11.9. The normalized spacial score (nSPS) is 17.3. The summed E-state index contributed by atoms with van der Waals surface area (Å²) in [6.45, 7) is 5.94. The first-order chi connectivity index (χ1) is 11.0. The lowest BCUT2D eigenvalue weighted by molar-refractivity contribution is 0.186. The molecule has 0 atom stereocenters. The van der Waals surface area contributed by atoms with E-state index in [0.29, 0.717) is 19.6 Å². The van der Waals surface area contributed by atoms with Gasteiger partial charge >= 0.3 is 0 Å². The molecule has 0 aliphatic carbocycles. The maximum Gasteiger partial charge on any atom is 0.279 e. The van der Waals surface area contributed by atoms with Crippen LogP contribution in [-0.2, 0) is 16.6 Å². The Labute approximate surface area is 139 Å². The standard InChI is InChI=1S/C16H27N3O3S/c1-3-17-23(20,21)19-12-10-18(11-13-19)9-5-7-15-6-4-8-16(14-15)22-2/h4,6,8,14,17H,3,5,7,9-13H2,1-2H3. The molecule has 1 aliphatic rings. The molecule has 1 aliphatic heterocycles. The summed E-state index contributed by atoms with van der Waals surface area (Å²) in [6.07, 6.45) is 2.07. The second-order valence-corrected chi connectivity index (χ2v) is 7.45. The van der Waals surface area contributed by atoms with Crippen LogP contribution in [0.3, 0.4) is 0 Å². The Morgan fingerprint density at radius 2 is 1.96 bits per heavy atom. The summed E-state index contributed by atoms with van der Waals surface area (Å²) in [5.74, 6) is 0.893. The van der Waals surface area contributed by atoms with E-state index in [1.165, 1.54) is 9.87 Å². The molecule has 2 rings (SSSR count). The highest BCUT2D eigenvalue weighted by Crippen LogP contribution is 2.14. The molecule has 1 heterocycles. The Morgan fingerprint density at radius 3 is 2.61 bits per heavy atom. The zero-order valence-corrected chi connectivity index (χ0v) is 14.8. The molecule has 23 heavy (non-hydrogen) atoms. The van der Waals surface area contributed by atoms with Crippen LogP contribution in [0.15, 0.2) is 24.3 Å². The number of nitrogens with zero attached hydrogens (tertiary/aromatic N) is 2. The highest BCUT2D eigenvalue weighted by molar-refractivity contribution is 7.87. The zero-order chi connectivity index (χ0) is 16.7. The van der Waals surface area contributed by atoms with E-state index in [1.807, 2.05) is 12.1 Å². The number of rotatable bonds is 8. The van der Waals surface area contributed by atoms with E-state index in [1.54, 1.807) is 14.0 Å². The van der Waals surface area contributed by atoms with Crippen molar-refractivity contribution in [1.29, 1.82) is 0 Å². The Kier molecular flexibility index (Phi) is 6.83. The first kappa shape index (κ1) is 18.2. The van der Waals surface area contributed by atoms with Crippen molar-refractivity contribution < 1.29 is 13.2 Å². The fourth-order valence-corrected chi connectivity index (χ4v) is 3.99. The van der Waals surface area contributed by atoms with Gasteiger partial charge in [0.1, 0.15) is 5.75 Å². The lowest BCUT2D eigenvalue weighted by Gasteiger charge is -2.33. The van der Waals surface area contributed by atoms with E-state index in [4.69, 9.17) is 4.74 Å². The molecule has 0 unspecified atom stereocenters.